The van der Waals surface area contributed by atoms with Crippen LogP contribution in [0.15, 0.2) is 28.8 Å². The van der Waals surface area contributed by atoms with Crippen molar-refractivity contribution in [2.75, 3.05) is 7.11 Å². The summed E-state index contributed by atoms with van der Waals surface area (Å²) >= 11 is 0. The number of methoxy groups -OCH3 is 1. The second kappa shape index (κ2) is 6.31. The molecule has 0 saturated heterocycles. The Morgan fingerprint density at radius 3 is 3.10 bits per heavy atom. The highest BCUT2D eigenvalue weighted by Gasteiger charge is 2.20. The second-order valence-corrected chi connectivity index (χ2v) is 5.46. The number of nitrogens with one attached hydrogen (secondary N) is 1. The average molecular weight is 286 g/mol. The Hall–Kier alpha value is -1.81. The molecule has 1 unspecified atom stereocenters. The van der Waals surface area contributed by atoms with Gasteiger partial charge in [0.15, 0.2) is 0 Å². The predicted molar refractivity (Wildman–Crippen MR) is 81.4 cm³/mol. The van der Waals surface area contributed by atoms with Gasteiger partial charge in [0.05, 0.1) is 19.9 Å². The topological polar surface area (TPSA) is 47.3 Å². The third kappa shape index (κ3) is 3.10. The number of ether oxygens (including phenoxy) is 1. The van der Waals surface area contributed by atoms with Gasteiger partial charge >= 0.3 is 0 Å². The highest BCUT2D eigenvalue weighted by Crippen LogP contribution is 2.32. The van der Waals surface area contributed by atoms with E-state index in [2.05, 4.69) is 29.4 Å². The van der Waals surface area contributed by atoms with E-state index in [4.69, 9.17) is 9.15 Å². The van der Waals surface area contributed by atoms with Gasteiger partial charge in [-0.25, -0.2) is 4.98 Å². The summed E-state index contributed by atoms with van der Waals surface area (Å²) in [6.07, 6.45) is 6.20. The highest BCUT2D eigenvalue weighted by atomic mass is 16.5. The first-order valence-electron chi connectivity index (χ1n) is 7.64. The summed E-state index contributed by atoms with van der Waals surface area (Å²) in [7, 11) is 1.71. The largest absolute Gasteiger partial charge is 0.497 e. The molecule has 0 aliphatic heterocycles. The molecule has 0 bridgehead atoms. The van der Waals surface area contributed by atoms with Crippen molar-refractivity contribution in [3.8, 4) is 5.75 Å². The quantitative estimate of drug-likeness (QED) is 0.915. The number of fused-ring (bicyclic) bond motifs is 1. The fourth-order valence-corrected chi connectivity index (χ4v) is 2.92. The normalized spacial score (nSPS) is 17.5. The Kier molecular flexibility index (Phi) is 4.25. The summed E-state index contributed by atoms with van der Waals surface area (Å²) in [5.74, 6) is 2.63. The van der Waals surface area contributed by atoms with Crippen molar-refractivity contribution in [2.24, 2.45) is 0 Å². The molecule has 112 valence electrons. The minimum absolute atomic E-state index is 0.348. The van der Waals surface area contributed by atoms with Crippen LogP contribution in [0.1, 0.15) is 48.6 Å². The molecule has 3 rings (SSSR count). The summed E-state index contributed by atoms with van der Waals surface area (Å²) in [6.45, 7) is 2.74. The Labute approximate surface area is 125 Å². The van der Waals surface area contributed by atoms with Gasteiger partial charge in [-0.05, 0) is 42.5 Å². The zero-order chi connectivity index (χ0) is 14.7. The van der Waals surface area contributed by atoms with Gasteiger partial charge in [0, 0.05) is 12.5 Å². The van der Waals surface area contributed by atoms with Crippen molar-refractivity contribution in [1.82, 2.24) is 10.3 Å². The van der Waals surface area contributed by atoms with Gasteiger partial charge in [-0.2, -0.15) is 0 Å². The molecule has 0 spiro atoms. The molecule has 4 heteroatoms. The maximum atomic E-state index is 5.66. The number of nitrogens with zero attached hydrogens (tertiary/aromatic N) is 1. The van der Waals surface area contributed by atoms with Crippen molar-refractivity contribution in [3.05, 3.63) is 47.2 Å². The van der Waals surface area contributed by atoms with Gasteiger partial charge < -0.3 is 14.5 Å². The Bertz CT molecular complexity index is 607. The van der Waals surface area contributed by atoms with Crippen LogP contribution in [0.2, 0.25) is 0 Å². The lowest BCUT2D eigenvalue weighted by Crippen LogP contribution is -2.25. The zero-order valence-corrected chi connectivity index (χ0v) is 12.7. The lowest BCUT2D eigenvalue weighted by molar-refractivity contribution is 0.391. The molecule has 4 nitrogen and oxygen atoms in total. The van der Waals surface area contributed by atoms with Crippen LogP contribution in [0.4, 0.5) is 0 Å². The van der Waals surface area contributed by atoms with E-state index >= 15 is 0 Å². The summed E-state index contributed by atoms with van der Waals surface area (Å²) < 4.78 is 11.0. The van der Waals surface area contributed by atoms with Crippen molar-refractivity contribution >= 4 is 0 Å². The standard InChI is InChI=1S/C17H22N2O2/c1-3-13-10-19-17(21-13)11-18-16-6-4-5-12-7-8-14(20-2)9-15(12)16/h7-10,16,18H,3-6,11H2,1-2H3. The van der Waals surface area contributed by atoms with Crippen LogP contribution in [0.5, 0.6) is 5.75 Å². The van der Waals surface area contributed by atoms with Crippen LogP contribution >= 0.6 is 0 Å². The van der Waals surface area contributed by atoms with Crippen LogP contribution < -0.4 is 10.1 Å². The molecular weight excluding hydrogens is 264 g/mol. The number of hydrogen-bond acceptors (Lipinski definition) is 4. The summed E-state index contributed by atoms with van der Waals surface area (Å²) in [5.41, 5.74) is 2.77. The van der Waals surface area contributed by atoms with E-state index in [9.17, 15) is 0 Å². The molecule has 0 saturated carbocycles. The van der Waals surface area contributed by atoms with Gasteiger partial charge in [-0.3, -0.25) is 0 Å². The fraction of sp³-hybridized carbons (Fsp3) is 0.471. The SMILES string of the molecule is CCc1cnc(CNC2CCCc3ccc(OC)cc32)o1. The van der Waals surface area contributed by atoms with E-state index in [1.807, 2.05) is 12.3 Å². The van der Waals surface area contributed by atoms with E-state index in [0.717, 1.165) is 36.7 Å². The van der Waals surface area contributed by atoms with Gasteiger partial charge in [0.1, 0.15) is 11.5 Å². The molecule has 1 atom stereocenters. The van der Waals surface area contributed by atoms with Crippen LogP contribution in [-0.2, 0) is 19.4 Å². The fourth-order valence-electron chi connectivity index (χ4n) is 2.92. The Morgan fingerprint density at radius 1 is 1.43 bits per heavy atom. The number of aryl methyl sites for hydroxylation is 2. The molecule has 0 radical (unpaired) electrons. The number of oxazole rings is 1. The third-order valence-corrected chi connectivity index (χ3v) is 4.12. The maximum Gasteiger partial charge on any atom is 0.208 e. The van der Waals surface area contributed by atoms with Crippen molar-refractivity contribution in [2.45, 2.75) is 45.2 Å². The van der Waals surface area contributed by atoms with Crippen molar-refractivity contribution in [1.29, 1.82) is 0 Å². The molecule has 1 aliphatic carbocycles. The number of aromatic nitrogens is 1. The lowest BCUT2D eigenvalue weighted by Gasteiger charge is -2.26. The molecule has 0 fully saturated rings. The monoisotopic (exact) mass is 286 g/mol. The van der Waals surface area contributed by atoms with Gasteiger partial charge in [-0.1, -0.05) is 13.0 Å². The van der Waals surface area contributed by atoms with Gasteiger partial charge in [0.2, 0.25) is 5.89 Å². The van der Waals surface area contributed by atoms with E-state index in [-0.39, 0.29) is 0 Å². The minimum Gasteiger partial charge on any atom is -0.497 e. The Morgan fingerprint density at radius 2 is 2.33 bits per heavy atom. The van der Waals surface area contributed by atoms with E-state index in [1.165, 1.54) is 17.5 Å². The summed E-state index contributed by atoms with van der Waals surface area (Å²) in [6, 6.07) is 6.73. The van der Waals surface area contributed by atoms with Crippen LogP contribution in [0.25, 0.3) is 0 Å². The zero-order valence-electron chi connectivity index (χ0n) is 12.7. The smallest absolute Gasteiger partial charge is 0.208 e. The first kappa shape index (κ1) is 14.1. The van der Waals surface area contributed by atoms with Crippen LogP contribution in [0, 0.1) is 0 Å². The molecule has 0 amide bonds. The highest BCUT2D eigenvalue weighted by molar-refractivity contribution is 5.39. The van der Waals surface area contributed by atoms with Crippen molar-refractivity contribution in [3.63, 3.8) is 0 Å². The lowest BCUT2D eigenvalue weighted by atomic mass is 9.87. The average Bonchev–Trinajstić information content (AvgIpc) is 3.00. The molecule has 1 aromatic carbocycles. The number of hydrogen-bond donors (Lipinski definition) is 1. The first-order valence-corrected chi connectivity index (χ1v) is 7.64. The molecule has 1 aliphatic rings. The first-order chi connectivity index (χ1) is 10.3. The maximum absolute atomic E-state index is 5.66. The summed E-state index contributed by atoms with van der Waals surface area (Å²) in [5, 5.41) is 3.57. The molecule has 21 heavy (non-hydrogen) atoms. The van der Waals surface area contributed by atoms with Gasteiger partial charge in [-0.15, -0.1) is 0 Å². The molecule has 1 N–H and O–H groups in total. The predicted octanol–water partition coefficient (Wildman–Crippen LogP) is 3.41. The number of rotatable bonds is 5. The Balaban J connectivity index is 1.72. The summed E-state index contributed by atoms with van der Waals surface area (Å²) in [4.78, 5) is 4.31. The molecule has 2 aromatic rings. The van der Waals surface area contributed by atoms with Crippen LogP contribution in [-0.4, -0.2) is 12.1 Å². The van der Waals surface area contributed by atoms with E-state index in [1.54, 1.807) is 7.11 Å². The molecule has 1 heterocycles. The molecular formula is C17H22N2O2. The van der Waals surface area contributed by atoms with Crippen molar-refractivity contribution < 1.29 is 9.15 Å². The minimum atomic E-state index is 0.348. The van der Waals surface area contributed by atoms with Crippen LogP contribution in [0.3, 0.4) is 0 Å². The number of benzene rings is 1. The second-order valence-electron chi connectivity index (χ2n) is 5.46. The van der Waals surface area contributed by atoms with E-state index < -0.39 is 0 Å². The van der Waals surface area contributed by atoms with E-state index in [0.29, 0.717) is 12.6 Å². The third-order valence-electron chi connectivity index (χ3n) is 4.12. The van der Waals surface area contributed by atoms with Gasteiger partial charge in [0.25, 0.3) is 0 Å². The molecule has 1 aromatic heterocycles.